The number of hydrogen-bond acceptors (Lipinski definition) is 4. The van der Waals surface area contributed by atoms with Gasteiger partial charge in [0.1, 0.15) is 5.75 Å². The molecular weight excluding hydrogens is 256 g/mol. The first-order chi connectivity index (χ1) is 8.86. The quantitative estimate of drug-likeness (QED) is 0.914. The Morgan fingerprint density at radius 2 is 1.89 bits per heavy atom. The van der Waals surface area contributed by atoms with Crippen LogP contribution in [-0.4, -0.2) is 18.1 Å². The molecule has 0 radical (unpaired) electrons. The number of nitrogens with one attached hydrogen (secondary N) is 1. The molecule has 19 heavy (non-hydrogen) atoms. The van der Waals surface area contributed by atoms with E-state index in [0.29, 0.717) is 16.9 Å². The summed E-state index contributed by atoms with van der Waals surface area (Å²) >= 11 is 1.69. The van der Waals surface area contributed by atoms with Crippen LogP contribution in [0.4, 0.5) is 5.13 Å². The number of rotatable bonds is 3. The standard InChI is InChI=1S/C15H20N2OS/c1-14(2)12(15(14,3)4)17-13-16-10-7-6-9(18-5)8-11(10)19-13/h6-8,12H,1-5H3,(H,16,17). The molecule has 3 nitrogen and oxygen atoms in total. The summed E-state index contributed by atoms with van der Waals surface area (Å²) in [6.45, 7) is 9.23. The SMILES string of the molecule is COc1ccc2nc(NC3C(C)(C)C3(C)C)sc2c1. The Hall–Kier alpha value is -1.29. The highest BCUT2D eigenvalue weighted by Gasteiger charge is 2.65. The first-order valence-corrected chi connectivity index (χ1v) is 7.39. The summed E-state index contributed by atoms with van der Waals surface area (Å²) in [5.41, 5.74) is 1.68. The molecule has 1 saturated carbocycles. The van der Waals surface area contributed by atoms with Crippen molar-refractivity contribution in [3.63, 3.8) is 0 Å². The Morgan fingerprint density at radius 1 is 1.21 bits per heavy atom. The van der Waals surface area contributed by atoms with Crippen LogP contribution in [-0.2, 0) is 0 Å². The van der Waals surface area contributed by atoms with E-state index in [2.05, 4.69) is 38.0 Å². The minimum absolute atomic E-state index is 0.322. The summed E-state index contributed by atoms with van der Waals surface area (Å²) in [5.74, 6) is 0.884. The molecule has 0 bridgehead atoms. The third-order valence-electron chi connectivity index (χ3n) is 4.88. The molecule has 1 aliphatic carbocycles. The van der Waals surface area contributed by atoms with E-state index in [0.717, 1.165) is 21.1 Å². The predicted molar refractivity (Wildman–Crippen MR) is 81.1 cm³/mol. The molecule has 102 valence electrons. The van der Waals surface area contributed by atoms with Gasteiger partial charge < -0.3 is 10.1 Å². The first-order valence-electron chi connectivity index (χ1n) is 6.57. The highest BCUT2D eigenvalue weighted by atomic mass is 32.1. The van der Waals surface area contributed by atoms with Crippen LogP contribution < -0.4 is 10.1 Å². The highest BCUT2D eigenvalue weighted by molar-refractivity contribution is 7.22. The third-order valence-corrected chi connectivity index (χ3v) is 5.83. The maximum atomic E-state index is 5.25. The zero-order valence-corrected chi connectivity index (χ0v) is 12.9. The van der Waals surface area contributed by atoms with Crippen molar-refractivity contribution in [2.24, 2.45) is 10.8 Å². The topological polar surface area (TPSA) is 34.1 Å². The first kappa shape index (κ1) is 12.7. The Bertz CT molecular complexity index is 616. The van der Waals surface area contributed by atoms with Crippen LogP contribution in [0.15, 0.2) is 18.2 Å². The summed E-state index contributed by atoms with van der Waals surface area (Å²) in [6.07, 6.45) is 0. The molecule has 0 unspecified atom stereocenters. The molecule has 1 fully saturated rings. The van der Waals surface area contributed by atoms with Crippen LogP contribution in [0.2, 0.25) is 0 Å². The van der Waals surface area contributed by atoms with E-state index in [9.17, 15) is 0 Å². The van der Waals surface area contributed by atoms with Crippen molar-refractivity contribution in [2.45, 2.75) is 33.7 Å². The maximum absolute atomic E-state index is 5.25. The molecule has 0 aliphatic heterocycles. The number of aromatic nitrogens is 1. The molecule has 0 saturated heterocycles. The zero-order valence-electron chi connectivity index (χ0n) is 12.1. The lowest BCUT2D eigenvalue weighted by molar-refractivity contribution is 0.415. The fourth-order valence-corrected chi connectivity index (χ4v) is 3.70. The summed E-state index contributed by atoms with van der Waals surface area (Å²) < 4.78 is 6.41. The molecule has 0 spiro atoms. The van der Waals surface area contributed by atoms with E-state index in [4.69, 9.17) is 4.74 Å². The number of thiazole rings is 1. The van der Waals surface area contributed by atoms with Gasteiger partial charge in [-0.05, 0) is 29.0 Å². The maximum Gasteiger partial charge on any atom is 0.184 e. The highest BCUT2D eigenvalue weighted by Crippen LogP contribution is 2.63. The van der Waals surface area contributed by atoms with Gasteiger partial charge in [0.2, 0.25) is 0 Å². The Kier molecular flexibility index (Phi) is 2.58. The van der Waals surface area contributed by atoms with Crippen molar-refractivity contribution >= 4 is 26.7 Å². The predicted octanol–water partition coefficient (Wildman–Crippen LogP) is 4.15. The zero-order chi connectivity index (χ0) is 13.8. The molecule has 1 aliphatic rings. The molecule has 3 rings (SSSR count). The fraction of sp³-hybridized carbons (Fsp3) is 0.533. The normalized spacial score (nSPS) is 20.5. The summed E-state index contributed by atoms with van der Waals surface area (Å²) in [5, 5.41) is 4.60. The molecular formula is C15H20N2OS. The van der Waals surface area contributed by atoms with E-state index < -0.39 is 0 Å². The van der Waals surface area contributed by atoms with Crippen LogP contribution in [0.5, 0.6) is 5.75 Å². The van der Waals surface area contributed by atoms with Crippen LogP contribution in [0.3, 0.4) is 0 Å². The van der Waals surface area contributed by atoms with E-state index in [1.54, 1.807) is 18.4 Å². The Labute approximate surface area is 118 Å². The molecule has 4 heteroatoms. The lowest BCUT2D eigenvalue weighted by atomic mass is 10.0. The second-order valence-corrected chi connectivity index (χ2v) is 7.40. The van der Waals surface area contributed by atoms with Gasteiger partial charge in [-0.15, -0.1) is 0 Å². The second-order valence-electron chi connectivity index (χ2n) is 6.37. The van der Waals surface area contributed by atoms with Crippen molar-refractivity contribution in [2.75, 3.05) is 12.4 Å². The van der Waals surface area contributed by atoms with Gasteiger partial charge in [0.15, 0.2) is 5.13 Å². The summed E-state index contributed by atoms with van der Waals surface area (Å²) in [4.78, 5) is 4.65. The number of hydrogen-bond donors (Lipinski definition) is 1. The van der Waals surface area contributed by atoms with E-state index in [1.807, 2.05) is 18.2 Å². The number of benzene rings is 1. The van der Waals surface area contributed by atoms with Gasteiger partial charge in [0.25, 0.3) is 0 Å². The minimum atomic E-state index is 0.322. The molecule has 2 aromatic rings. The molecule has 1 N–H and O–H groups in total. The lowest BCUT2D eigenvalue weighted by Gasteiger charge is -2.02. The number of nitrogens with zero attached hydrogens (tertiary/aromatic N) is 1. The third kappa shape index (κ3) is 1.81. The molecule has 1 aromatic heterocycles. The van der Waals surface area contributed by atoms with Crippen LogP contribution in [0.25, 0.3) is 10.2 Å². The van der Waals surface area contributed by atoms with Crippen molar-refractivity contribution in [1.29, 1.82) is 0 Å². The number of anilines is 1. The fourth-order valence-electron chi connectivity index (χ4n) is 2.77. The van der Waals surface area contributed by atoms with Gasteiger partial charge in [0.05, 0.1) is 17.3 Å². The monoisotopic (exact) mass is 276 g/mol. The summed E-state index contributed by atoms with van der Waals surface area (Å²) in [6, 6.07) is 6.50. The molecule has 1 heterocycles. The van der Waals surface area contributed by atoms with Crippen LogP contribution >= 0.6 is 11.3 Å². The summed E-state index contributed by atoms with van der Waals surface area (Å²) in [7, 11) is 1.69. The van der Waals surface area contributed by atoms with Crippen LogP contribution in [0.1, 0.15) is 27.7 Å². The van der Waals surface area contributed by atoms with Gasteiger partial charge >= 0.3 is 0 Å². The average Bonchev–Trinajstić information content (AvgIpc) is 2.70. The average molecular weight is 276 g/mol. The van der Waals surface area contributed by atoms with Crippen molar-refractivity contribution in [1.82, 2.24) is 4.98 Å². The Morgan fingerprint density at radius 3 is 2.47 bits per heavy atom. The number of methoxy groups -OCH3 is 1. The molecule has 1 aromatic carbocycles. The smallest absolute Gasteiger partial charge is 0.184 e. The van der Waals surface area contributed by atoms with E-state index in [-0.39, 0.29) is 0 Å². The van der Waals surface area contributed by atoms with Crippen molar-refractivity contribution in [3.8, 4) is 5.75 Å². The largest absolute Gasteiger partial charge is 0.497 e. The Balaban J connectivity index is 1.87. The van der Waals surface area contributed by atoms with Crippen LogP contribution in [0, 0.1) is 10.8 Å². The van der Waals surface area contributed by atoms with Crippen molar-refractivity contribution in [3.05, 3.63) is 18.2 Å². The van der Waals surface area contributed by atoms with Gasteiger partial charge in [-0.25, -0.2) is 4.98 Å². The second kappa shape index (κ2) is 3.85. The lowest BCUT2D eigenvalue weighted by Crippen LogP contribution is -2.09. The van der Waals surface area contributed by atoms with E-state index in [1.165, 1.54) is 0 Å². The minimum Gasteiger partial charge on any atom is -0.497 e. The molecule has 0 amide bonds. The van der Waals surface area contributed by atoms with Gasteiger partial charge in [-0.2, -0.15) is 0 Å². The van der Waals surface area contributed by atoms with Gasteiger partial charge in [-0.1, -0.05) is 39.0 Å². The van der Waals surface area contributed by atoms with Gasteiger partial charge in [-0.3, -0.25) is 0 Å². The van der Waals surface area contributed by atoms with Gasteiger partial charge in [0, 0.05) is 6.04 Å². The number of fused-ring (bicyclic) bond motifs is 1. The number of ether oxygens (including phenoxy) is 1. The van der Waals surface area contributed by atoms with Crippen molar-refractivity contribution < 1.29 is 4.74 Å². The molecule has 0 atom stereocenters. The van der Waals surface area contributed by atoms with E-state index >= 15 is 0 Å².